The van der Waals surface area contributed by atoms with Crippen molar-refractivity contribution in [1.29, 1.82) is 0 Å². The Morgan fingerprint density at radius 3 is 2.57 bits per heavy atom. The summed E-state index contributed by atoms with van der Waals surface area (Å²) in [6.07, 6.45) is 0.653. The zero-order valence-electron chi connectivity index (χ0n) is 15.9. The molecule has 0 unspecified atom stereocenters. The molecule has 0 spiro atoms. The molecule has 0 bridgehead atoms. The predicted octanol–water partition coefficient (Wildman–Crippen LogP) is 3.69. The zero-order chi connectivity index (χ0) is 21.1. The van der Waals surface area contributed by atoms with Crippen molar-refractivity contribution < 1.29 is 18.7 Å². The largest absolute Gasteiger partial charge is 0.459 e. The van der Waals surface area contributed by atoms with Crippen LogP contribution in [0.4, 0.5) is 5.69 Å². The number of ether oxygens (including phenoxy) is 1. The molecule has 0 aliphatic heterocycles. The van der Waals surface area contributed by atoms with Crippen molar-refractivity contribution in [2.75, 3.05) is 5.32 Å². The molecule has 0 fully saturated rings. The van der Waals surface area contributed by atoms with E-state index in [0.29, 0.717) is 22.2 Å². The Morgan fingerprint density at radius 2 is 1.83 bits per heavy atom. The van der Waals surface area contributed by atoms with E-state index in [1.54, 1.807) is 55.5 Å². The fraction of sp³-hybridized carbons (Fsp3) is 0.0909. The van der Waals surface area contributed by atoms with Crippen molar-refractivity contribution >= 4 is 28.5 Å². The minimum atomic E-state index is -0.756. The van der Waals surface area contributed by atoms with Gasteiger partial charge in [-0.1, -0.05) is 12.1 Å². The number of nitrogens with one attached hydrogen (secondary N) is 2. The Kier molecular flexibility index (Phi) is 5.13. The van der Waals surface area contributed by atoms with Gasteiger partial charge in [-0.2, -0.15) is 0 Å². The number of benzene rings is 2. The first-order valence-electron chi connectivity index (χ1n) is 9.16. The van der Waals surface area contributed by atoms with Gasteiger partial charge in [0.2, 0.25) is 0 Å². The zero-order valence-corrected chi connectivity index (χ0v) is 15.9. The van der Waals surface area contributed by atoms with Gasteiger partial charge in [0.1, 0.15) is 0 Å². The fourth-order valence-electron chi connectivity index (χ4n) is 2.87. The normalized spacial score (nSPS) is 11.8. The Morgan fingerprint density at radius 1 is 1.07 bits per heavy atom. The summed E-state index contributed by atoms with van der Waals surface area (Å²) in [5.74, 6) is -0.531. The third-order valence-corrected chi connectivity index (χ3v) is 4.42. The monoisotopic (exact) mass is 403 g/mol. The summed E-state index contributed by atoms with van der Waals surface area (Å²) in [5.41, 5.74) is 1.02. The minimum absolute atomic E-state index is 0.184. The summed E-state index contributed by atoms with van der Waals surface area (Å²) in [7, 11) is 0. The van der Waals surface area contributed by atoms with Crippen LogP contribution in [0, 0.1) is 0 Å². The van der Waals surface area contributed by atoms with Crippen molar-refractivity contribution in [3.8, 4) is 0 Å². The van der Waals surface area contributed by atoms with Gasteiger partial charge >= 0.3 is 5.97 Å². The van der Waals surface area contributed by atoms with Crippen molar-refractivity contribution in [3.63, 3.8) is 0 Å². The molecule has 2 aromatic carbocycles. The maximum absolute atomic E-state index is 12.5. The molecule has 8 heteroatoms. The van der Waals surface area contributed by atoms with E-state index in [1.807, 2.05) is 0 Å². The van der Waals surface area contributed by atoms with E-state index in [0.717, 1.165) is 0 Å². The van der Waals surface area contributed by atoms with E-state index in [2.05, 4.69) is 15.3 Å². The van der Waals surface area contributed by atoms with Gasteiger partial charge in [-0.3, -0.25) is 9.59 Å². The molecule has 2 heterocycles. The maximum atomic E-state index is 12.5. The number of hydrogen-bond donors (Lipinski definition) is 2. The second-order valence-corrected chi connectivity index (χ2v) is 6.52. The molecule has 0 radical (unpaired) electrons. The Bertz CT molecular complexity index is 1260. The lowest BCUT2D eigenvalue weighted by atomic mass is 10.2. The van der Waals surface area contributed by atoms with Gasteiger partial charge in [0.25, 0.3) is 11.5 Å². The first kappa shape index (κ1) is 19.1. The lowest BCUT2D eigenvalue weighted by Gasteiger charge is -2.13. The number of H-pyrrole nitrogens is 1. The standard InChI is InChI=1S/C22H17N3O5/c1-13(19-24-17-6-3-2-5-16(17)20(26)25-19)30-22(28)14-8-10-15(11-9-14)23-21(27)18-7-4-12-29-18/h2-13H,1H3,(H,23,27)(H,24,25,26)/t13-/m1/s1. The number of esters is 1. The molecule has 8 nitrogen and oxygen atoms in total. The average molecular weight is 403 g/mol. The first-order chi connectivity index (χ1) is 14.5. The van der Waals surface area contributed by atoms with E-state index in [1.165, 1.54) is 18.4 Å². The van der Waals surface area contributed by atoms with Crippen LogP contribution in [0.25, 0.3) is 10.9 Å². The number of nitrogens with zero attached hydrogens (tertiary/aromatic N) is 1. The van der Waals surface area contributed by atoms with Crippen LogP contribution >= 0.6 is 0 Å². The summed E-state index contributed by atoms with van der Waals surface area (Å²) >= 11 is 0. The van der Waals surface area contributed by atoms with Crippen LogP contribution in [0.5, 0.6) is 0 Å². The molecule has 0 aliphatic rings. The number of rotatable bonds is 5. The van der Waals surface area contributed by atoms with Crippen LogP contribution in [-0.4, -0.2) is 21.8 Å². The quantitative estimate of drug-likeness (QED) is 0.491. The highest BCUT2D eigenvalue weighted by Crippen LogP contribution is 2.18. The molecular weight excluding hydrogens is 386 g/mol. The minimum Gasteiger partial charge on any atom is -0.459 e. The highest BCUT2D eigenvalue weighted by molar-refractivity contribution is 6.02. The number of aromatic nitrogens is 2. The van der Waals surface area contributed by atoms with E-state index < -0.39 is 18.0 Å². The van der Waals surface area contributed by atoms with Crippen LogP contribution < -0.4 is 10.9 Å². The number of carbonyl (C=O) groups excluding carboxylic acids is 2. The molecule has 0 saturated heterocycles. The first-order valence-corrected chi connectivity index (χ1v) is 9.16. The third-order valence-electron chi connectivity index (χ3n) is 4.42. The lowest BCUT2D eigenvalue weighted by molar-refractivity contribution is 0.0320. The fourth-order valence-corrected chi connectivity index (χ4v) is 2.87. The van der Waals surface area contributed by atoms with E-state index in [-0.39, 0.29) is 17.1 Å². The molecular formula is C22H17N3O5. The van der Waals surface area contributed by atoms with Crippen molar-refractivity contribution in [2.24, 2.45) is 0 Å². The van der Waals surface area contributed by atoms with Gasteiger partial charge in [0.15, 0.2) is 17.7 Å². The molecule has 2 N–H and O–H groups in total. The van der Waals surface area contributed by atoms with Crippen LogP contribution in [0.15, 0.2) is 76.1 Å². The number of para-hydroxylation sites is 1. The van der Waals surface area contributed by atoms with Gasteiger partial charge in [-0.15, -0.1) is 0 Å². The Hall–Kier alpha value is -4.20. The second kappa shape index (κ2) is 8.04. The van der Waals surface area contributed by atoms with Crippen LogP contribution in [0.3, 0.4) is 0 Å². The van der Waals surface area contributed by atoms with Gasteiger partial charge < -0.3 is 19.5 Å². The molecule has 30 heavy (non-hydrogen) atoms. The number of amides is 1. The Labute approximate surface area is 170 Å². The van der Waals surface area contributed by atoms with Crippen molar-refractivity contribution in [3.05, 3.63) is 94.4 Å². The summed E-state index contributed by atoms with van der Waals surface area (Å²) < 4.78 is 10.5. The summed E-state index contributed by atoms with van der Waals surface area (Å²) in [6.45, 7) is 1.63. The van der Waals surface area contributed by atoms with Gasteiger partial charge in [-0.25, -0.2) is 9.78 Å². The number of aromatic amines is 1. The van der Waals surface area contributed by atoms with E-state index >= 15 is 0 Å². The molecule has 150 valence electrons. The maximum Gasteiger partial charge on any atom is 0.338 e. The third kappa shape index (κ3) is 3.97. The summed E-state index contributed by atoms with van der Waals surface area (Å²) in [4.78, 5) is 43.6. The smallest absolute Gasteiger partial charge is 0.338 e. The lowest BCUT2D eigenvalue weighted by Crippen LogP contribution is -2.17. The van der Waals surface area contributed by atoms with Crippen LogP contribution in [0.1, 0.15) is 39.8 Å². The Balaban J connectivity index is 1.44. The van der Waals surface area contributed by atoms with Crippen LogP contribution in [0.2, 0.25) is 0 Å². The SMILES string of the molecule is C[C@@H](OC(=O)c1ccc(NC(=O)c2ccco2)cc1)c1nc2ccccc2c(=O)[nH]1. The van der Waals surface area contributed by atoms with E-state index in [9.17, 15) is 14.4 Å². The molecule has 4 aromatic rings. The van der Waals surface area contributed by atoms with Gasteiger partial charge in [0, 0.05) is 5.69 Å². The van der Waals surface area contributed by atoms with Crippen LogP contribution in [-0.2, 0) is 4.74 Å². The average Bonchev–Trinajstić information content (AvgIpc) is 3.29. The van der Waals surface area contributed by atoms with Crippen molar-refractivity contribution in [1.82, 2.24) is 9.97 Å². The predicted molar refractivity (Wildman–Crippen MR) is 109 cm³/mol. The molecule has 1 amide bonds. The molecule has 0 saturated carbocycles. The van der Waals surface area contributed by atoms with Gasteiger partial charge in [0.05, 0.1) is 22.7 Å². The summed E-state index contributed by atoms with van der Waals surface area (Å²) in [6, 6.07) is 16.3. The molecule has 1 atom stereocenters. The topological polar surface area (TPSA) is 114 Å². The number of hydrogen-bond acceptors (Lipinski definition) is 6. The number of anilines is 1. The van der Waals surface area contributed by atoms with Crippen molar-refractivity contribution in [2.45, 2.75) is 13.0 Å². The molecule has 4 rings (SSSR count). The number of furan rings is 1. The second-order valence-electron chi connectivity index (χ2n) is 6.52. The summed E-state index contributed by atoms with van der Waals surface area (Å²) in [5, 5.41) is 3.13. The number of fused-ring (bicyclic) bond motifs is 1. The van der Waals surface area contributed by atoms with Gasteiger partial charge in [-0.05, 0) is 55.5 Å². The molecule has 2 aromatic heterocycles. The molecule has 0 aliphatic carbocycles. The van der Waals surface area contributed by atoms with E-state index in [4.69, 9.17) is 9.15 Å². The highest BCUT2D eigenvalue weighted by atomic mass is 16.5. The number of carbonyl (C=O) groups is 2. The highest BCUT2D eigenvalue weighted by Gasteiger charge is 2.17.